The molecule has 182 valence electrons. The van der Waals surface area contributed by atoms with Crippen molar-refractivity contribution in [2.45, 2.75) is 6.54 Å². The molecule has 0 aromatic heterocycles. The lowest BCUT2D eigenvalue weighted by Gasteiger charge is -2.36. The van der Waals surface area contributed by atoms with Crippen molar-refractivity contribution < 1.29 is 14.4 Å². The highest BCUT2D eigenvalue weighted by Gasteiger charge is 2.37. The molecule has 2 heterocycles. The number of imide groups is 1. The van der Waals surface area contributed by atoms with Crippen LogP contribution in [0.25, 0.3) is 0 Å². The number of benzene rings is 3. The van der Waals surface area contributed by atoms with Gasteiger partial charge in [0.1, 0.15) is 10.7 Å². The fraction of sp³-hybridized carbons (Fsp3) is 0.179. The number of piperazine rings is 1. The van der Waals surface area contributed by atoms with E-state index in [9.17, 15) is 14.4 Å². The van der Waals surface area contributed by atoms with Crippen molar-refractivity contribution in [2.24, 2.45) is 0 Å². The van der Waals surface area contributed by atoms with Crippen LogP contribution in [0.3, 0.4) is 0 Å². The number of hydrogen-bond donors (Lipinski definition) is 1. The van der Waals surface area contributed by atoms with Crippen LogP contribution in [0.1, 0.15) is 15.9 Å². The molecule has 0 radical (unpaired) electrons. The molecular formula is C28H25ClN4O3. The average molecular weight is 501 g/mol. The molecule has 36 heavy (non-hydrogen) atoms. The molecule has 1 fully saturated rings. The van der Waals surface area contributed by atoms with Crippen molar-refractivity contribution in [3.8, 4) is 0 Å². The van der Waals surface area contributed by atoms with E-state index in [4.69, 9.17) is 11.6 Å². The lowest BCUT2D eigenvalue weighted by molar-refractivity contribution is -0.138. The average Bonchev–Trinajstić information content (AvgIpc) is 3.13. The zero-order valence-corrected chi connectivity index (χ0v) is 20.3. The van der Waals surface area contributed by atoms with E-state index >= 15 is 0 Å². The minimum atomic E-state index is -0.533. The number of rotatable bonds is 6. The summed E-state index contributed by atoms with van der Waals surface area (Å²) < 4.78 is 0. The molecule has 0 saturated carbocycles. The summed E-state index contributed by atoms with van der Waals surface area (Å²) >= 11 is 6.21. The summed E-state index contributed by atoms with van der Waals surface area (Å²) in [5.41, 5.74) is 3.16. The lowest BCUT2D eigenvalue weighted by Crippen LogP contribution is -2.48. The quantitative estimate of drug-likeness (QED) is 0.516. The summed E-state index contributed by atoms with van der Waals surface area (Å²) in [5.74, 6) is -1.05. The standard InChI is InChI=1S/C28H25ClN4O3/c29-24-25(28(36)33(27(24)35)19-20-7-3-1-4-8-20)30-22-13-11-21(12-14-22)26(34)32-17-15-31(16-18-32)23-9-5-2-6-10-23/h1-14,30H,15-19H2. The maximum atomic E-state index is 13.0. The van der Waals surface area contributed by atoms with Gasteiger partial charge in [0.2, 0.25) is 0 Å². The van der Waals surface area contributed by atoms with E-state index in [1.807, 2.05) is 53.4 Å². The maximum Gasteiger partial charge on any atom is 0.279 e. The van der Waals surface area contributed by atoms with E-state index in [1.54, 1.807) is 24.3 Å². The highest BCUT2D eigenvalue weighted by atomic mass is 35.5. The normalized spacial score (nSPS) is 16.1. The van der Waals surface area contributed by atoms with Crippen LogP contribution >= 0.6 is 11.6 Å². The number of halogens is 1. The number of nitrogens with zero attached hydrogens (tertiary/aromatic N) is 3. The van der Waals surface area contributed by atoms with Gasteiger partial charge in [0.25, 0.3) is 17.7 Å². The molecule has 3 amide bonds. The first-order valence-electron chi connectivity index (χ1n) is 11.8. The minimum Gasteiger partial charge on any atom is -0.368 e. The van der Waals surface area contributed by atoms with E-state index in [2.05, 4.69) is 22.3 Å². The molecule has 1 N–H and O–H groups in total. The summed E-state index contributed by atoms with van der Waals surface area (Å²) in [6.07, 6.45) is 0. The lowest BCUT2D eigenvalue weighted by atomic mass is 10.1. The fourth-order valence-corrected chi connectivity index (χ4v) is 4.62. The van der Waals surface area contributed by atoms with Crippen molar-refractivity contribution in [3.63, 3.8) is 0 Å². The van der Waals surface area contributed by atoms with Crippen LogP contribution < -0.4 is 10.2 Å². The molecular weight excluding hydrogens is 476 g/mol. The molecule has 1 saturated heterocycles. The molecule has 3 aromatic carbocycles. The van der Waals surface area contributed by atoms with Gasteiger partial charge in [0.15, 0.2) is 0 Å². The largest absolute Gasteiger partial charge is 0.368 e. The second kappa shape index (κ2) is 10.3. The van der Waals surface area contributed by atoms with Gasteiger partial charge in [-0.1, -0.05) is 60.1 Å². The molecule has 0 atom stereocenters. The molecule has 0 spiro atoms. The summed E-state index contributed by atoms with van der Waals surface area (Å²) in [6, 6.07) is 26.3. The Morgan fingerprint density at radius 1 is 0.778 bits per heavy atom. The number of hydrogen-bond acceptors (Lipinski definition) is 5. The van der Waals surface area contributed by atoms with E-state index in [1.165, 1.54) is 0 Å². The predicted molar refractivity (Wildman–Crippen MR) is 140 cm³/mol. The van der Waals surface area contributed by atoms with Crippen molar-refractivity contribution in [3.05, 3.63) is 107 Å². The van der Waals surface area contributed by atoms with Crippen LogP contribution in [-0.2, 0) is 16.1 Å². The number of carbonyl (C=O) groups excluding carboxylic acids is 3. The summed E-state index contributed by atoms with van der Waals surface area (Å²) in [7, 11) is 0. The Labute approximate surface area is 214 Å². The van der Waals surface area contributed by atoms with Crippen LogP contribution in [0, 0.1) is 0 Å². The topological polar surface area (TPSA) is 73.0 Å². The van der Waals surface area contributed by atoms with Gasteiger partial charge in [-0.15, -0.1) is 0 Å². The smallest absolute Gasteiger partial charge is 0.279 e. The van der Waals surface area contributed by atoms with Gasteiger partial charge in [0.05, 0.1) is 6.54 Å². The molecule has 0 unspecified atom stereocenters. The molecule has 3 aromatic rings. The first-order chi connectivity index (χ1) is 17.5. The third-order valence-electron chi connectivity index (χ3n) is 6.38. The minimum absolute atomic E-state index is 0.0346. The third-order valence-corrected chi connectivity index (χ3v) is 6.74. The fourth-order valence-electron chi connectivity index (χ4n) is 4.39. The monoisotopic (exact) mass is 500 g/mol. The summed E-state index contributed by atoms with van der Waals surface area (Å²) in [6.45, 7) is 2.98. The van der Waals surface area contributed by atoms with Crippen molar-refractivity contribution >= 4 is 40.7 Å². The Balaban J connectivity index is 1.20. The number of nitrogens with one attached hydrogen (secondary N) is 1. The third kappa shape index (κ3) is 4.83. The van der Waals surface area contributed by atoms with Gasteiger partial charge >= 0.3 is 0 Å². The predicted octanol–water partition coefficient (Wildman–Crippen LogP) is 4.08. The van der Waals surface area contributed by atoms with Crippen molar-refractivity contribution in [1.29, 1.82) is 0 Å². The van der Waals surface area contributed by atoms with Crippen LogP contribution in [0.15, 0.2) is 95.7 Å². The van der Waals surface area contributed by atoms with Crippen LogP contribution in [0.2, 0.25) is 0 Å². The van der Waals surface area contributed by atoms with Crippen molar-refractivity contribution in [2.75, 3.05) is 36.4 Å². The Morgan fingerprint density at radius 3 is 2.03 bits per heavy atom. The Kier molecular flexibility index (Phi) is 6.73. The highest BCUT2D eigenvalue weighted by Crippen LogP contribution is 2.27. The van der Waals surface area contributed by atoms with Crippen LogP contribution in [0.5, 0.6) is 0 Å². The van der Waals surface area contributed by atoms with E-state index in [0.29, 0.717) is 24.3 Å². The molecule has 7 nitrogen and oxygen atoms in total. The number of carbonyl (C=O) groups is 3. The van der Waals surface area contributed by atoms with Crippen molar-refractivity contribution in [1.82, 2.24) is 9.80 Å². The van der Waals surface area contributed by atoms with E-state index in [0.717, 1.165) is 29.2 Å². The van der Waals surface area contributed by atoms with E-state index in [-0.39, 0.29) is 23.2 Å². The van der Waals surface area contributed by atoms with Gasteiger partial charge in [-0.2, -0.15) is 0 Å². The number of anilines is 2. The Bertz CT molecular complexity index is 1300. The zero-order chi connectivity index (χ0) is 25.1. The molecule has 2 aliphatic heterocycles. The summed E-state index contributed by atoms with van der Waals surface area (Å²) in [4.78, 5) is 43.7. The molecule has 5 rings (SSSR count). The number of amides is 3. The molecule has 0 bridgehead atoms. The second-order valence-corrected chi connectivity index (χ2v) is 9.07. The SMILES string of the molecule is O=C(c1ccc(NC2=C(Cl)C(=O)N(Cc3ccccc3)C2=O)cc1)N1CCN(c2ccccc2)CC1. The van der Waals surface area contributed by atoms with Gasteiger partial charge in [-0.25, -0.2) is 0 Å². The molecule has 0 aliphatic carbocycles. The van der Waals surface area contributed by atoms with Crippen LogP contribution in [0.4, 0.5) is 11.4 Å². The van der Waals surface area contributed by atoms with Crippen LogP contribution in [-0.4, -0.2) is 53.7 Å². The van der Waals surface area contributed by atoms with Gasteiger partial charge in [0, 0.05) is 43.1 Å². The Morgan fingerprint density at radius 2 is 1.39 bits per heavy atom. The van der Waals surface area contributed by atoms with Gasteiger partial charge < -0.3 is 15.1 Å². The summed E-state index contributed by atoms with van der Waals surface area (Å²) in [5, 5.41) is 2.81. The molecule has 2 aliphatic rings. The highest BCUT2D eigenvalue weighted by molar-refractivity contribution is 6.48. The van der Waals surface area contributed by atoms with E-state index < -0.39 is 11.8 Å². The second-order valence-electron chi connectivity index (χ2n) is 8.69. The first-order valence-corrected chi connectivity index (χ1v) is 12.2. The zero-order valence-electron chi connectivity index (χ0n) is 19.6. The number of para-hydroxylation sites is 1. The first kappa shape index (κ1) is 23.6. The maximum absolute atomic E-state index is 13.0. The van der Waals surface area contributed by atoms with Gasteiger partial charge in [-0.3, -0.25) is 19.3 Å². The Hall–Kier alpha value is -4.10. The van der Waals surface area contributed by atoms with Gasteiger partial charge in [-0.05, 0) is 42.0 Å². The molecule has 8 heteroatoms.